The molecular formula is C44H51N5O3S. The number of nitrogens with zero attached hydrogens (tertiary/aromatic N) is 3. The number of aryl methyl sites for hydroxylation is 1. The first-order chi connectivity index (χ1) is 25.7. The molecule has 5 aromatic rings. The molecule has 0 aliphatic carbocycles. The van der Waals surface area contributed by atoms with E-state index in [9.17, 15) is 13.2 Å². The van der Waals surface area contributed by atoms with Crippen LogP contribution in [0.25, 0.3) is 0 Å². The Bertz CT molecular complexity index is 2010. The van der Waals surface area contributed by atoms with Gasteiger partial charge in [0.05, 0.1) is 17.7 Å². The number of para-hydroxylation sites is 1. The number of benzene rings is 4. The lowest BCUT2D eigenvalue weighted by molar-refractivity contribution is -0.137. The molecule has 1 saturated heterocycles. The van der Waals surface area contributed by atoms with Crippen molar-refractivity contribution < 1.29 is 13.2 Å². The Labute approximate surface area is 314 Å². The van der Waals surface area contributed by atoms with E-state index in [1.165, 1.54) is 0 Å². The van der Waals surface area contributed by atoms with E-state index in [-0.39, 0.29) is 16.8 Å². The average Bonchev–Trinajstić information content (AvgIpc) is 3.64. The number of piperidine rings is 1. The van der Waals surface area contributed by atoms with Crippen LogP contribution in [0.4, 0.5) is 5.69 Å². The molecule has 1 amide bonds. The van der Waals surface area contributed by atoms with Crippen LogP contribution in [0.2, 0.25) is 0 Å². The van der Waals surface area contributed by atoms with Crippen molar-refractivity contribution in [1.29, 1.82) is 0 Å². The van der Waals surface area contributed by atoms with Gasteiger partial charge in [0.1, 0.15) is 16.5 Å². The molecule has 1 fully saturated rings. The number of likely N-dealkylation sites (tertiary alicyclic amines) is 1. The van der Waals surface area contributed by atoms with Gasteiger partial charge >= 0.3 is 0 Å². The second kappa shape index (κ2) is 15.7. The van der Waals surface area contributed by atoms with Crippen LogP contribution < -0.4 is 10.0 Å². The lowest BCUT2D eigenvalue weighted by atomic mass is 9.77. The van der Waals surface area contributed by atoms with Gasteiger partial charge in [-0.05, 0) is 85.6 Å². The number of hydrogen-bond donors (Lipinski definition) is 2. The van der Waals surface area contributed by atoms with E-state index in [0.29, 0.717) is 49.9 Å². The summed E-state index contributed by atoms with van der Waals surface area (Å²) in [6.45, 7) is 7.77. The Hall–Kier alpha value is -4.73. The van der Waals surface area contributed by atoms with Crippen molar-refractivity contribution in [3.8, 4) is 0 Å². The molecule has 0 bridgehead atoms. The maximum Gasteiger partial charge on any atom is 0.243 e. The third-order valence-corrected chi connectivity index (χ3v) is 12.7. The summed E-state index contributed by atoms with van der Waals surface area (Å²) in [4.78, 5) is 21.3. The Morgan fingerprint density at radius 3 is 2.09 bits per heavy atom. The minimum absolute atomic E-state index is 0.0451. The van der Waals surface area contributed by atoms with Gasteiger partial charge in [-0.3, -0.25) is 4.79 Å². The first-order valence-electron chi connectivity index (χ1n) is 19.0. The summed E-state index contributed by atoms with van der Waals surface area (Å²) in [5.74, 6) is 0.784. The zero-order valence-electron chi connectivity index (χ0n) is 31.0. The van der Waals surface area contributed by atoms with Gasteiger partial charge in [-0.1, -0.05) is 117 Å². The van der Waals surface area contributed by atoms with E-state index in [1.54, 1.807) is 12.1 Å². The number of imidazole rings is 1. The number of nitrogens with one attached hydrogen (secondary N) is 2. The molecule has 8 nitrogen and oxygen atoms in total. The number of hydrogen-bond acceptors (Lipinski definition) is 5. The molecule has 7 rings (SSSR count). The first-order valence-corrected chi connectivity index (χ1v) is 20.5. The summed E-state index contributed by atoms with van der Waals surface area (Å²) in [5.41, 5.74) is 5.16. The zero-order chi connectivity index (χ0) is 37.0. The summed E-state index contributed by atoms with van der Waals surface area (Å²) in [6, 6.07) is 36.0. The van der Waals surface area contributed by atoms with Gasteiger partial charge in [-0.15, -0.1) is 0 Å². The van der Waals surface area contributed by atoms with Gasteiger partial charge in [0.25, 0.3) is 0 Å². The third kappa shape index (κ3) is 7.55. The monoisotopic (exact) mass is 729 g/mol. The molecule has 2 N–H and O–H groups in total. The van der Waals surface area contributed by atoms with Crippen LogP contribution in [0.15, 0.2) is 127 Å². The zero-order valence-corrected chi connectivity index (χ0v) is 31.8. The number of fused-ring (bicyclic) bond motifs is 1. The molecule has 4 atom stereocenters. The van der Waals surface area contributed by atoms with E-state index in [2.05, 4.69) is 114 Å². The third-order valence-electron chi connectivity index (χ3n) is 11.1. The number of sulfonamides is 1. The Kier molecular flexibility index (Phi) is 10.9. The van der Waals surface area contributed by atoms with Crippen molar-refractivity contribution in [3.63, 3.8) is 0 Å². The lowest BCUT2D eigenvalue weighted by Gasteiger charge is -2.38. The van der Waals surface area contributed by atoms with E-state index < -0.39 is 21.6 Å². The standard InChI is InChI=1S/C44H51N5O3S/c1-32-25-26-49(34(3)27-32)43(50)40(47-53(51,52)41-24-13-15-35-28-33(2)29-45-42(35)41)23-14-22-39-30-48(31-46-39)44(36-16-7-4-8-17-36,37-18-9-5-10-19-37)38-20-11-6-12-21-38/h4-13,15-21,24,30-34,40,45,47H,14,22-23,25-29H2,1-3H3/t32-,33?,34?,40?/m1/s1. The van der Waals surface area contributed by atoms with Crippen LogP contribution in [0.5, 0.6) is 0 Å². The van der Waals surface area contributed by atoms with Crippen LogP contribution >= 0.6 is 0 Å². The van der Waals surface area contributed by atoms with E-state index in [1.807, 2.05) is 35.5 Å². The van der Waals surface area contributed by atoms with E-state index in [4.69, 9.17) is 4.98 Å². The molecule has 0 saturated carbocycles. The molecule has 3 heterocycles. The normalized spacial score (nSPS) is 19.6. The molecule has 9 heteroatoms. The van der Waals surface area contributed by atoms with Gasteiger partial charge in [0.15, 0.2) is 0 Å². The smallest absolute Gasteiger partial charge is 0.243 e. The number of aromatic nitrogens is 2. The molecular weight excluding hydrogens is 679 g/mol. The summed E-state index contributed by atoms with van der Waals surface area (Å²) >= 11 is 0. The van der Waals surface area contributed by atoms with Gasteiger partial charge in [0.2, 0.25) is 15.9 Å². The second-order valence-electron chi connectivity index (χ2n) is 15.1. The Balaban J connectivity index is 1.17. The second-order valence-corrected chi connectivity index (χ2v) is 16.8. The fraction of sp³-hybridized carbons (Fsp3) is 0.364. The lowest BCUT2D eigenvalue weighted by Crippen LogP contribution is -2.53. The maximum absolute atomic E-state index is 14.3. The van der Waals surface area contributed by atoms with Crippen molar-refractivity contribution in [1.82, 2.24) is 19.2 Å². The summed E-state index contributed by atoms with van der Waals surface area (Å²) in [7, 11) is -4.01. The highest BCUT2D eigenvalue weighted by Crippen LogP contribution is 2.41. The summed E-state index contributed by atoms with van der Waals surface area (Å²) < 4.78 is 33.3. The first kappa shape index (κ1) is 36.6. The summed E-state index contributed by atoms with van der Waals surface area (Å²) in [6.07, 6.45) is 8.14. The molecule has 2 aliphatic heterocycles. The predicted molar refractivity (Wildman–Crippen MR) is 211 cm³/mol. The average molecular weight is 730 g/mol. The fourth-order valence-corrected chi connectivity index (χ4v) is 9.91. The van der Waals surface area contributed by atoms with Gasteiger partial charge < -0.3 is 14.8 Å². The molecule has 276 valence electrons. The fourth-order valence-electron chi connectivity index (χ4n) is 8.46. The molecule has 0 radical (unpaired) electrons. The van der Waals surface area contributed by atoms with Crippen molar-refractivity contribution in [2.24, 2.45) is 11.8 Å². The minimum atomic E-state index is -4.01. The molecule has 1 aromatic heterocycles. The Morgan fingerprint density at radius 2 is 1.49 bits per heavy atom. The summed E-state index contributed by atoms with van der Waals surface area (Å²) in [5, 5.41) is 3.35. The van der Waals surface area contributed by atoms with Crippen LogP contribution in [0.3, 0.4) is 0 Å². The SMILES string of the molecule is CC1CNc2c(cccc2S(=O)(=O)NC(CCCc2cn(C(c3ccccc3)(c3ccccc3)c3ccccc3)cn2)C(=O)N2CC[C@@H](C)CC2C)C1. The molecule has 0 spiro atoms. The highest BCUT2D eigenvalue weighted by atomic mass is 32.2. The van der Waals surface area contributed by atoms with Crippen molar-refractivity contribution in [2.75, 3.05) is 18.4 Å². The molecule has 4 aromatic carbocycles. The number of rotatable bonds is 12. The predicted octanol–water partition coefficient (Wildman–Crippen LogP) is 7.64. The highest BCUT2D eigenvalue weighted by molar-refractivity contribution is 7.89. The number of carbonyl (C=O) groups is 1. The van der Waals surface area contributed by atoms with Crippen LogP contribution in [-0.4, -0.2) is 53.9 Å². The maximum atomic E-state index is 14.3. The largest absolute Gasteiger partial charge is 0.383 e. The number of amides is 1. The number of anilines is 1. The quantitative estimate of drug-likeness (QED) is 0.129. The van der Waals surface area contributed by atoms with Gasteiger partial charge in [-0.2, -0.15) is 4.72 Å². The molecule has 2 aliphatic rings. The highest BCUT2D eigenvalue weighted by Gasteiger charge is 2.39. The van der Waals surface area contributed by atoms with Crippen LogP contribution in [0.1, 0.15) is 74.4 Å². The van der Waals surface area contributed by atoms with Crippen LogP contribution in [-0.2, 0) is 33.2 Å². The van der Waals surface area contributed by atoms with Crippen molar-refractivity contribution in [2.45, 2.75) is 81.8 Å². The van der Waals surface area contributed by atoms with Gasteiger partial charge in [-0.25, -0.2) is 13.4 Å². The van der Waals surface area contributed by atoms with Crippen molar-refractivity contribution in [3.05, 3.63) is 150 Å². The molecule has 3 unspecified atom stereocenters. The van der Waals surface area contributed by atoms with Crippen molar-refractivity contribution >= 4 is 21.6 Å². The Morgan fingerprint density at radius 1 is 0.868 bits per heavy atom. The van der Waals surface area contributed by atoms with Gasteiger partial charge in [0, 0.05) is 25.3 Å². The topological polar surface area (TPSA) is 96.3 Å². The molecule has 53 heavy (non-hydrogen) atoms. The van der Waals surface area contributed by atoms with Crippen LogP contribution in [0, 0.1) is 11.8 Å². The number of carbonyl (C=O) groups excluding carboxylic acids is 1. The van der Waals surface area contributed by atoms with E-state index >= 15 is 0 Å². The van der Waals surface area contributed by atoms with E-state index in [0.717, 1.165) is 47.2 Å². The minimum Gasteiger partial charge on any atom is -0.383 e.